The molecule has 37 heavy (non-hydrogen) atoms. The quantitative estimate of drug-likeness (QED) is 0.605. The summed E-state index contributed by atoms with van der Waals surface area (Å²) in [5, 5.41) is 12.1. The maximum atomic E-state index is 13.5. The lowest BCUT2D eigenvalue weighted by Gasteiger charge is -2.40. The molecule has 0 radical (unpaired) electrons. The monoisotopic (exact) mass is 522 g/mol. The van der Waals surface area contributed by atoms with Crippen LogP contribution in [0, 0.1) is 35.5 Å². The Bertz CT molecular complexity index is 1200. The second-order valence-electron chi connectivity index (χ2n) is 12.6. The van der Waals surface area contributed by atoms with Crippen molar-refractivity contribution >= 4 is 39.3 Å². The number of likely N-dealkylation sites (tertiary alicyclic amines) is 1. The molecule has 7 nitrogen and oxygen atoms in total. The van der Waals surface area contributed by atoms with E-state index >= 15 is 0 Å². The van der Waals surface area contributed by atoms with Crippen LogP contribution in [0.2, 0.25) is 0 Å². The van der Waals surface area contributed by atoms with E-state index in [0.29, 0.717) is 24.8 Å². The molecule has 3 heterocycles. The lowest BCUT2D eigenvalue weighted by atomic mass is 9.73. The van der Waals surface area contributed by atoms with Gasteiger partial charge in [-0.2, -0.15) is 4.37 Å². The molecule has 1 N–H and O–H groups in total. The number of carbonyl (C=O) groups excluding carboxylic acids is 2. The fraction of sp³-hybridized carbons (Fsp3) is 0.690. The molecule has 2 saturated heterocycles. The first-order valence-electron chi connectivity index (χ1n) is 14.3. The highest BCUT2D eigenvalue weighted by Gasteiger charge is 2.67. The average Bonchev–Trinajstić information content (AvgIpc) is 3.62. The van der Waals surface area contributed by atoms with E-state index in [-0.39, 0.29) is 35.5 Å². The topological polar surface area (TPSA) is 77.0 Å². The minimum Gasteiger partial charge on any atom is -0.390 e. The van der Waals surface area contributed by atoms with E-state index < -0.39 is 5.60 Å². The van der Waals surface area contributed by atoms with E-state index in [0.717, 1.165) is 51.4 Å². The van der Waals surface area contributed by atoms with Crippen LogP contribution in [0.1, 0.15) is 45.4 Å². The molecule has 5 fully saturated rings. The molecule has 7 atom stereocenters. The van der Waals surface area contributed by atoms with Gasteiger partial charge in [0.15, 0.2) is 0 Å². The third-order valence-electron chi connectivity index (χ3n) is 10.5. The van der Waals surface area contributed by atoms with Crippen molar-refractivity contribution in [2.24, 2.45) is 35.5 Å². The molecule has 2 bridgehead atoms. The van der Waals surface area contributed by atoms with E-state index in [4.69, 9.17) is 4.37 Å². The van der Waals surface area contributed by atoms with Crippen molar-refractivity contribution < 1.29 is 14.7 Å². The van der Waals surface area contributed by atoms with Crippen LogP contribution in [0.5, 0.6) is 0 Å². The molecule has 1 unspecified atom stereocenters. The van der Waals surface area contributed by atoms with E-state index in [1.807, 2.05) is 6.92 Å². The maximum Gasteiger partial charge on any atom is 0.233 e. The average molecular weight is 523 g/mol. The largest absolute Gasteiger partial charge is 0.390 e. The summed E-state index contributed by atoms with van der Waals surface area (Å²) in [6.07, 6.45) is 6.22. The van der Waals surface area contributed by atoms with Crippen molar-refractivity contribution in [1.29, 1.82) is 0 Å². The zero-order chi connectivity index (χ0) is 25.3. The molecule has 3 aliphatic carbocycles. The van der Waals surface area contributed by atoms with Gasteiger partial charge in [-0.15, -0.1) is 0 Å². The van der Waals surface area contributed by atoms with Crippen LogP contribution in [0.3, 0.4) is 0 Å². The molecule has 3 saturated carbocycles. The molecular weight excluding hydrogens is 484 g/mol. The Morgan fingerprint density at radius 2 is 1.70 bits per heavy atom. The number of fused-ring (bicyclic) bond motifs is 6. The molecule has 1 aromatic heterocycles. The van der Waals surface area contributed by atoms with Gasteiger partial charge >= 0.3 is 0 Å². The Morgan fingerprint density at radius 1 is 1.00 bits per heavy atom. The van der Waals surface area contributed by atoms with Gasteiger partial charge in [-0.3, -0.25) is 19.4 Å². The van der Waals surface area contributed by atoms with Crippen LogP contribution in [0.25, 0.3) is 10.1 Å². The summed E-state index contributed by atoms with van der Waals surface area (Å²) in [5.74, 6) is 1.80. The summed E-state index contributed by atoms with van der Waals surface area (Å²) in [5.41, 5.74) is -0.794. The highest BCUT2D eigenvalue weighted by molar-refractivity contribution is 7.13. The van der Waals surface area contributed by atoms with Gasteiger partial charge in [-0.05, 0) is 74.0 Å². The number of hydrogen-bond acceptors (Lipinski definition) is 7. The van der Waals surface area contributed by atoms with Crippen LogP contribution in [0.15, 0.2) is 24.3 Å². The first kappa shape index (κ1) is 24.0. The number of anilines is 1. The lowest BCUT2D eigenvalue weighted by Crippen LogP contribution is -2.49. The molecule has 7 rings (SSSR count). The summed E-state index contributed by atoms with van der Waals surface area (Å²) < 4.78 is 6.00. The Balaban J connectivity index is 0.991. The molecule has 1 aromatic carbocycles. The SMILES string of the molecule is C[C@]1(O)C[C@H]2C[C@H]1[C@H]1C(=O)N(CC3CCCC[C@H]3CN3CCN(c4nsc5ccccc45)CC3)C(=O)[C@@H]21. The number of aliphatic hydroxyl groups is 1. The van der Waals surface area contributed by atoms with E-state index in [2.05, 4.69) is 34.1 Å². The van der Waals surface area contributed by atoms with E-state index in [1.54, 1.807) is 16.4 Å². The Hall–Kier alpha value is -2.03. The summed E-state index contributed by atoms with van der Waals surface area (Å²) in [6.45, 7) is 7.53. The second-order valence-corrected chi connectivity index (χ2v) is 13.4. The van der Waals surface area contributed by atoms with Crippen LogP contribution in [-0.2, 0) is 9.59 Å². The standard InChI is InChI=1S/C29H38N4O3S/c1-29(36)15-20-14-22(29)25-24(20)27(34)33(28(25)35)17-19-7-3-2-6-18(19)16-31-10-12-32(13-11-31)26-21-8-4-5-9-23(21)37-30-26/h4-5,8-9,18-20,22,24-25,36H,2-3,6-7,10-17H2,1H3/t18-,19?,20+,22-,24-,25+,29-/m0/s1. The number of aromatic nitrogens is 1. The number of nitrogens with zero attached hydrogens (tertiary/aromatic N) is 4. The third-order valence-corrected chi connectivity index (χ3v) is 11.3. The van der Waals surface area contributed by atoms with E-state index in [1.165, 1.54) is 29.3 Å². The molecule has 2 aliphatic heterocycles. The Morgan fingerprint density at radius 3 is 2.49 bits per heavy atom. The molecule has 2 amide bonds. The smallest absolute Gasteiger partial charge is 0.233 e. The van der Waals surface area contributed by atoms with Gasteiger partial charge in [0.05, 0.1) is 22.1 Å². The van der Waals surface area contributed by atoms with Crippen LogP contribution >= 0.6 is 11.5 Å². The van der Waals surface area contributed by atoms with Crippen LogP contribution in [0.4, 0.5) is 5.82 Å². The minimum atomic E-state index is -0.794. The summed E-state index contributed by atoms with van der Waals surface area (Å²) in [6, 6.07) is 8.49. The van der Waals surface area contributed by atoms with Crippen molar-refractivity contribution in [2.45, 2.75) is 51.0 Å². The molecular formula is C29H38N4O3S. The molecule has 0 spiro atoms. The number of piperazine rings is 1. The first-order valence-corrected chi connectivity index (χ1v) is 15.1. The van der Waals surface area contributed by atoms with Crippen molar-refractivity contribution in [3.63, 3.8) is 0 Å². The lowest BCUT2D eigenvalue weighted by molar-refractivity contribution is -0.142. The van der Waals surface area contributed by atoms with Crippen molar-refractivity contribution in [1.82, 2.24) is 14.2 Å². The molecule has 2 aromatic rings. The van der Waals surface area contributed by atoms with Gasteiger partial charge in [0.2, 0.25) is 11.8 Å². The van der Waals surface area contributed by atoms with Gasteiger partial charge in [0, 0.05) is 50.6 Å². The minimum absolute atomic E-state index is 0.0101. The molecule has 8 heteroatoms. The Labute approximate surface area is 223 Å². The highest BCUT2D eigenvalue weighted by atomic mass is 32.1. The maximum absolute atomic E-state index is 13.5. The van der Waals surface area contributed by atoms with Crippen molar-refractivity contribution in [2.75, 3.05) is 44.2 Å². The zero-order valence-electron chi connectivity index (χ0n) is 21.7. The predicted molar refractivity (Wildman–Crippen MR) is 144 cm³/mol. The first-order chi connectivity index (χ1) is 17.9. The van der Waals surface area contributed by atoms with Gasteiger partial charge in [0.1, 0.15) is 5.82 Å². The normalized spacial score (nSPS) is 38.2. The van der Waals surface area contributed by atoms with Gasteiger partial charge in [-0.1, -0.05) is 25.0 Å². The fourth-order valence-corrected chi connectivity index (χ4v) is 9.40. The third kappa shape index (κ3) is 3.93. The van der Waals surface area contributed by atoms with Gasteiger partial charge in [0.25, 0.3) is 0 Å². The van der Waals surface area contributed by atoms with Crippen molar-refractivity contribution in [3.05, 3.63) is 24.3 Å². The van der Waals surface area contributed by atoms with Gasteiger partial charge < -0.3 is 10.0 Å². The van der Waals surface area contributed by atoms with Crippen LogP contribution < -0.4 is 4.90 Å². The van der Waals surface area contributed by atoms with Gasteiger partial charge in [-0.25, -0.2) is 0 Å². The zero-order valence-corrected chi connectivity index (χ0v) is 22.5. The summed E-state index contributed by atoms with van der Waals surface area (Å²) in [7, 11) is 0. The number of amides is 2. The van der Waals surface area contributed by atoms with Crippen molar-refractivity contribution in [3.8, 4) is 0 Å². The Kier molecular flexibility index (Phi) is 5.86. The second kappa shape index (κ2) is 9.02. The van der Waals surface area contributed by atoms with Crippen LogP contribution in [-0.4, -0.2) is 76.0 Å². The predicted octanol–water partition coefficient (Wildman–Crippen LogP) is 3.62. The number of benzene rings is 1. The number of hydrogen-bond donors (Lipinski definition) is 1. The fourth-order valence-electron chi connectivity index (χ4n) is 8.60. The highest BCUT2D eigenvalue weighted by Crippen LogP contribution is 2.60. The molecule has 5 aliphatic rings. The van der Waals surface area contributed by atoms with E-state index in [9.17, 15) is 14.7 Å². The number of rotatable bonds is 5. The summed E-state index contributed by atoms with van der Waals surface area (Å²) >= 11 is 1.58. The molecule has 198 valence electrons. The summed E-state index contributed by atoms with van der Waals surface area (Å²) in [4.78, 5) is 33.5. The number of carbonyl (C=O) groups is 2. The number of imide groups is 1.